The van der Waals surface area contributed by atoms with E-state index in [0.29, 0.717) is 42.7 Å². The second-order valence-electron chi connectivity index (χ2n) is 21.1. The van der Waals surface area contributed by atoms with Crippen LogP contribution in [0.25, 0.3) is 6.08 Å². The highest BCUT2D eigenvalue weighted by molar-refractivity contribution is 6.03. The Labute approximate surface area is 378 Å². The van der Waals surface area contributed by atoms with Crippen molar-refractivity contribution in [2.45, 2.75) is 209 Å². The van der Waals surface area contributed by atoms with E-state index in [-0.39, 0.29) is 24.5 Å². The second-order valence-corrected chi connectivity index (χ2v) is 21.1. The summed E-state index contributed by atoms with van der Waals surface area (Å²) in [5.74, 6) is 0.137. The average Bonchev–Trinajstić information content (AvgIpc) is 3.25. The summed E-state index contributed by atoms with van der Waals surface area (Å²) in [6, 6.07) is 20.5. The van der Waals surface area contributed by atoms with Gasteiger partial charge in [0, 0.05) is 79.3 Å². The van der Waals surface area contributed by atoms with Crippen molar-refractivity contribution in [2.24, 2.45) is 11.8 Å². The molecule has 7 aliphatic rings. The van der Waals surface area contributed by atoms with Gasteiger partial charge >= 0.3 is 11.9 Å². The zero-order valence-corrected chi connectivity index (χ0v) is 38.3. The molecule has 4 heterocycles. The first-order valence-electron chi connectivity index (χ1n) is 25.6. The Morgan fingerprint density at radius 3 is 1.83 bits per heavy atom. The molecule has 9 heteroatoms. The Morgan fingerprint density at radius 2 is 1.19 bits per heavy atom. The van der Waals surface area contributed by atoms with Gasteiger partial charge in [0.1, 0.15) is 6.42 Å². The molecule has 2 aromatic carbocycles. The van der Waals surface area contributed by atoms with Gasteiger partial charge in [-0.15, -0.1) is 0 Å². The van der Waals surface area contributed by atoms with Crippen molar-refractivity contribution >= 4 is 35.3 Å². The Kier molecular flexibility index (Phi) is 14.6. The fourth-order valence-corrected chi connectivity index (χ4v) is 14.4. The van der Waals surface area contributed by atoms with Gasteiger partial charge in [-0.25, -0.2) is 4.79 Å². The van der Waals surface area contributed by atoms with Crippen LogP contribution in [0.2, 0.25) is 0 Å². The molecule has 342 valence electrons. The molecular formula is C54H76N4O5. The van der Waals surface area contributed by atoms with Gasteiger partial charge in [-0.2, -0.15) is 0 Å². The van der Waals surface area contributed by atoms with Crippen molar-refractivity contribution in [3.63, 3.8) is 0 Å². The molecule has 1 amide bonds. The number of aliphatic carboxylic acids is 1. The van der Waals surface area contributed by atoms with Crippen LogP contribution in [0.4, 0.5) is 11.4 Å². The van der Waals surface area contributed by atoms with Gasteiger partial charge in [0.15, 0.2) is 0 Å². The van der Waals surface area contributed by atoms with E-state index in [9.17, 15) is 19.5 Å². The van der Waals surface area contributed by atoms with Crippen molar-refractivity contribution in [2.75, 3.05) is 23.5 Å². The van der Waals surface area contributed by atoms with Crippen molar-refractivity contribution in [1.82, 2.24) is 9.80 Å². The van der Waals surface area contributed by atoms with E-state index in [1.807, 2.05) is 41.3 Å². The number of ether oxygens (including phenoxy) is 1. The van der Waals surface area contributed by atoms with E-state index >= 15 is 0 Å². The molecule has 0 spiro atoms. The summed E-state index contributed by atoms with van der Waals surface area (Å²) in [6.07, 6.45) is 33.2. The minimum atomic E-state index is -1.09. The zero-order chi connectivity index (χ0) is 43.3. The van der Waals surface area contributed by atoms with Gasteiger partial charge in [-0.3, -0.25) is 19.4 Å². The monoisotopic (exact) mass is 861 g/mol. The maximum atomic E-state index is 13.7. The van der Waals surface area contributed by atoms with Crippen LogP contribution in [0, 0.1) is 11.8 Å². The minimum absolute atomic E-state index is 0.0147. The van der Waals surface area contributed by atoms with E-state index in [4.69, 9.17) is 4.74 Å². The number of fused-ring (bicyclic) bond motifs is 6. The number of nitrogens with zero attached hydrogens (tertiary/aromatic N) is 4. The van der Waals surface area contributed by atoms with Crippen molar-refractivity contribution in [3.05, 3.63) is 65.7 Å². The summed E-state index contributed by atoms with van der Waals surface area (Å²) in [4.78, 5) is 48.8. The number of hydrogen-bond donors (Lipinski definition) is 1. The van der Waals surface area contributed by atoms with Gasteiger partial charge in [-0.1, -0.05) is 94.5 Å². The van der Waals surface area contributed by atoms with E-state index in [2.05, 4.69) is 39.9 Å². The molecule has 6 bridgehead atoms. The molecule has 9 nitrogen and oxygen atoms in total. The highest BCUT2D eigenvalue weighted by Crippen LogP contribution is 2.47. The number of para-hydroxylation sites is 1. The molecule has 0 radical (unpaired) electrons. The Balaban J connectivity index is 0.789. The molecule has 4 saturated heterocycles. The summed E-state index contributed by atoms with van der Waals surface area (Å²) < 4.78 is 5.72. The first-order valence-corrected chi connectivity index (χ1v) is 25.6. The SMILES string of the molecule is CN(c1ccccc1C=CC(=O)OCCc1ccc(N(C(=O)CC(=O)O)C2CC3CCCC(C2)N3C2CCCCCCC2)cc1)C1CC2CCCC(C1)N2C1CC2CCCC(C2)C1. The van der Waals surface area contributed by atoms with E-state index in [1.165, 1.54) is 128 Å². The normalized spacial score (nSPS) is 31.7. The maximum absolute atomic E-state index is 13.7. The molecule has 6 unspecified atom stereocenters. The van der Waals surface area contributed by atoms with Crippen LogP contribution < -0.4 is 9.80 Å². The lowest BCUT2D eigenvalue weighted by Gasteiger charge is -2.56. The number of esters is 1. The number of anilines is 2. The van der Waals surface area contributed by atoms with Gasteiger partial charge in [0.25, 0.3) is 0 Å². The van der Waals surface area contributed by atoms with Crippen LogP contribution in [0.15, 0.2) is 54.6 Å². The number of carbonyl (C=O) groups is 3. The largest absolute Gasteiger partial charge is 0.481 e. The number of piperidine rings is 4. The number of rotatable bonds is 13. The number of carboxylic acids is 1. The predicted molar refractivity (Wildman–Crippen MR) is 252 cm³/mol. The second kappa shape index (κ2) is 20.6. The molecule has 7 fully saturated rings. The summed E-state index contributed by atoms with van der Waals surface area (Å²) in [7, 11) is 2.26. The Bertz CT molecular complexity index is 1850. The number of amides is 1. The van der Waals surface area contributed by atoms with E-state index < -0.39 is 12.4 Å². The van der Waals surface area contributed by atoms with Crippen LogP contribution in [0.1, 0.15) is 165 Å². The van der Waals surface area contributed by atoms with Crippen molar-refractivity contribution < 1.29 is 24.2 Å². The van der Waals surface area contributed by atoms with Crippen molar-refractivity contribution in [1.29, 1.82) is 0 Å². The lowest BCUT2D eigenvalue weighted by molar-refractivity contribution is -0.140. The fraction of sp³-hybridized carbons (Fsp3) is 0.685. The first-order chi connectivity index (χ1) is 30.8. The van der Waals surface area contributed by atoms with Crippen molar-refractivity contribution in [3.8, 4) is 0 Å². The van der Waals surface area contributed by atoms with Gasteiger partial charge in [0.2, 0.25) is 5.91 Å². The standard InChI is InChI=1S/C54H76N4O5/c1-55(48-33-44-17-10-18-45(34-48)57(44)49-31-39-12-9-13-40(30-39)32-49)51-21-8-7-14-41(51)24-27-54(62)63-29-28-38-22-25-43(26-23-38)58(52(59)37-53(60)61)50-35-46-19-11-20-47(36-50)56(46)42-15-5-3-2-4-6-16-42/h7-8,14,21-27,39-40,42,44-50H,2-6,9-13,15-20,28-37H2,1H3,(H,60,61). The third-order valence-electron chi connectivity index (χ3n) is 17.1. The smallest absolute Gasteiger partial charge is 0.330 e. The summed E-state index contributed by atoms with van der Waals surface area (Å²) in [5.41, 5.74) is 3.98. The van der Waals surface area contributed by atoms with E-state index in [0.717, 1.165) is 60.4 Å². The fourth-order valence-electron chi connectivity index (χ4n) is 14.4. The topological polar surface area (TPSA) is 93.6 Å². The number of carbonyl (C=O) groups excluding carboxylic acids is 2. The maximum Gasteiger partial charge on any atom is 0.330 e. The number of hydrogen-bond acceptors (Lipinski definition) is 7. The van der Waals surface area contributed by atoms with Crippen LogP contribution >= 0.6 is 0 Å². The summed E-state index contributed by atoms with van der Waals surface area (Å²) in [5, 5.41) is 9.67. The minimum Gasteiger partial charge on any atom is -0.481 e. The molecule has 1 N–H and O–H groups in total. The van der Waals surface area contributed by atoms with E-state index in [1.54, 1.807) is 6.08 Å². The molecular weight excluding hydrogens is 785 g/mol. The number of carboxylic acid groups (broad SMARTS) is 1. The van der Waals surface area contributed by atoms with Crippen LogP contribution in [0.3, 0.4) is 0 Å². The Morgan fingerprint density at radius 1 is 0.635 bits per heavy atom. The quantitative estimate of drug-likeness (QED) is 0.121. The molecule has 9 rings (SSSR count). The van der Waals surface area contributed by atoms with Crippen LogP contribution in [-0.2, 0) is 25.5 Å². The third kappa shape index (κ3) is 10.6. The molecule has 3 aliphatic carbocycles. The summed E-state index contributed by atoms with van der Waals surface area (Å²) in [6.45, 7) is 0.249. The molecule has 4 aliphatic heterocycles. The molecule has 63 heavy (non-hydrogen) atoms. The van der Waals surface area contributed by atoms with Crippen LogP contribution in [-0.4, -0.2) is 94.7 Å². The molecule has 0 aromatic heterocycles. The van der Waals surface area contributed by atoms with Gasteiger partial charge in [0.05, 0.1) is 6.61 Å². The first kappa shape index (κ1) is 44.5. The molecule has 6 atom stereocenters. The zero-order valence-electron chi connectivity index (χ0n) is 38.3. The third-order valence-corrected chi connectivity index (χ3v) is 17.1. The Hall–Kier alpha value is -3.69. The molecule has 2 aromatic rings. The van der Waals surface area contributed by atoms with Crippen LogP contribution in [0.5, 0.6) is 0 Å². The highest BCUT2D eigenvalue weighted by Gasteiger charge is 2.46. The van der Waals surface area contributed by atoms with Gasteiger partial charge in [-0.05, 0) is 131 Å². The lowest BCUT2D eigenvalue weighted by Crippen LogP contribution is -2.61. The lowest BCUT2D eigenvalue weighted by atomic mass is 9.68. The highest BCUT2D eigenvalue weighted by atomic mass is 16.5. The summed E-state index contributed by atoms with van der Waals surface area (Å²) >= 11 is 0. The molecule has 3 saturated carbocycles. The average molecular weight is 861 g/mol. The number of benzene rings is 2. The predicted octanol–water partition coefficient (Wildman–Crippen LogP) is 10.6. The van der Waals surface area contributed by atoms with Gasteiger partial charge < -0.3 is 19.6 Å².